The highest BCUT2D eigenvalue weighted by molar-refractivity contribution is 5.95. The van der Waals surface area contributed by atoms with Gasteiger partial charge in [0.15, 0.2) is 0 Å². The molecule has 0 bridgehead atoms. The molecule has 0 heterocycles. The third kappa shape index (κ3) is 11.4. The molecule has 11 heteroatoms. The van der Waals surface area contributed by atoms with E-state index in [4.69, 9.17) is 14.2 Å². The number of alkyl halides is 3. The van der Waals surface area contributed by atoms with E-state index in [2.05, 4.69) is 4.74 Å². The average molecular weight is 566 g/mol. The minimum absolute atomic E-state index is 0.0407. The number of likely N-dealkylation sites (N-methyl/N-ethyl adjacent to an activating group) is 1. The second kappa shape index (κ2) is 13.9. The number of carbonyl (C=O) groups is 3. The Hall–Kier alpha value is -4.02. The van der Waals surface area contributed by atoms with Gasteiger partial charge in [-0.2, -0.15) is 0 Å². The van der Waals surface area contributed by atoms with E-state index in [9.17, 15) is 27.6 Å². The zero-order valence-electron chi connectivity index (χ0n) is 23.3. The third-order valence-corrected chi connectivity index (χ3v) is 5.15. The number of benzene rings is 2. The third-order valence-electron chi connectivity index (χ3n) is 5.15. The lowest BCUT2D eigenvalue weighted by atomic mass is 10.0. The van der Waals surface area contributed by atoms with Gasteiger partial charge in [0.25, 0.3) is 0 Å². The lowest BCUT2D eigenvalue weighted by Gasteiger charge is -2.30. The summed E-state index contributed by atoms with van der Waals surface area (Å²) in [7, 11) is 1.39. The highest BCUT2D eigenvalue weighted by Gasteiger charge is 2.34. The van der Waals surface area contributed by atoms with Crippen molar-refractivity contribution in [1.29, 1.82) is 0 Å². The Morgan fingerprint density at radius 3 is 2.08 bits per heavy atom. The Bertz CT molecular complexity index is 1170. The van der Waals surface area contributed by atoms with Gasteiger partial charge in [-0.1, -0.05) is 56.3 Å². The van der Waals surface area contributed by atoms with Crippen molar-refractivity contribution in [3.63, 3.8) is 0 Å². The molecule has 0 saturated heterocycles. The molecule has 2 aromatic rings. The summed E-state index contributed by atoms with van der Waals surface area (Å²) in [6, 6.07) is 12.3. The first-order chi connectivity index (χ1) is 18.5. The molecule has 1 amide bonds. The number of amides is 1. The van der Waals surface area contributed by atoms with Gasteiger partial charge in [-0.15, -0.1) is 13.2 Å². The minimum Gasteiger partial charge on any atom is -0.455 e. The zero-order valence-corrected chi connectivity index (χ0v) is 23.3. The molecular weight excluding hydrogens is 531 g/mol. The predicted octanol–water partition coefficient (Wildman–Crippen LogP) is 6.49. The first-order valence-electron chi connectivity index (χ1n) is 12.5. The van der Waals surface area contributed by atoms with Crippen LogP contribution in [-0.2, 0) is 30.4 Å². The largest absolute Gasteiger partial charge is 0.573 e. The number of nitrogens with zero attached hydrogens (tertiary/aromatic N) is 1. The normalized spacial score (nSPS) is 12.9. The van der Waals surface area contributed by atoms with E-state index in [-0.39, 0.29) is 24.5 Å². The smallest absolute Gasteiger partial charge is 0.455 e. The molecule has 0 aliphatic rings. The molecule has 0 spiro atoms. The van der Waals surface area contributed by atoms with Crippen LogP contribution in [0.4, 0.5) is 18.0 Å². The van der Waals surface area contributed by atoms with Crippen LogP contribution in [0.2, 0.25) is 0 Å². The SMILES string of the molecule is CC(C)C[C@@H](C(=O)O/C(=C/c1ccc(OC(F)(F)F)cc1)C(=O)OCc1ccccc1)N(C)C(=O)OC(C)(C)C. The molecule has 0 saturated carbocycles. The fourth-order valence-corrected chi connectivity index (χ4v) is 3.34. The summed E-state index contributed by atoms with van der Waals surface area (Å²) in [4.78, 5) is 40.1. The van der Waals surface area contributed by atoms with Crippen LogP contribution in [0, 0.1) is 5.92 Å². The zero-order chi connectivity index (χ0) is 30.1. The van der Waals surface area contributed by atoms with Crippen LogP contribution in [0.25, 0.3) is 6.08 Å². The summed E-state index contributed by atoms with van der Waals surface area (Å²) >= 11 is 0. The average Bonchev–Trinajstić information content (AvgIpc) is 2.84. The summed E-state index contributed by atoms with van der Waals surface area (Å²) in [5.41, 5.74) is 0.0961. The number of hydrogen-bond acceptors (Lipinski definition) is 7. The maximum absolute atomic E-state index is 13.3. The summed E-state index contributed by atoms with van der Waals surface area (Å²) in [6.07, 6.45) is -4.27. The first kappa shape index (κ1) is 32.2. The molecule has 218 valence electrons. The number of ether oxygens (including phenoxy) is 4. The van der Waals surface area contributed by atoms with Gasteiger partial charge >= 0.3 is 24.4 Å². The summed E-state index contributed by atoms with van der Waals surface area (Å²) in [5.74, 6) is -2.93. The Morgan fingerprint density at radius 1 is 0.950 bits per heavy atom. The van der Waals surface area contributed by atoms with Crippen molar-refractivity contribution in [3.8, 4) is 5.75 Å². The van der Waals surface area contributed by atoms with Gasteiger partial charge in [0.05, 0.1) is 0 Å². The number of hydrogen-bond donors (Lipinski definition) is 0. The maximum atomic E-state index is 13.3. The van der Waals surface area contributed by atoms with Crippen molar-refractivity contribution in [2.24, 2.45) is 5.92 Å². The molecule has 0 unspecified atom stereocenters. The Labute approximate surface area is 231 Å². The number of rotatable bonds is 10. The van der Waals surface area contributed by atoms with Crippen molar-refractivity contribution < 1.29 is 46.5 Å². The van der Waals surface area contributed by atoms with E-state index in [1.165, 1.54) is 19.2 Å². The Morgan fingerprint density at radius 2 is 1.55 bits per heavy atom. The van der Waals surface area contributed by atoms with Crippen molar-refractivity contribution in [1.82, 2.24) is 4.90 Å². The molecule has 0 radical (unpaired) electrons. The summed E-state index contributed by atoms with van der Waals surface area (Å²) in [5, 5.41) is 0. The van der Waals surface area contributed by atoms with Gasteiger partial charge in [-0.25, -0.2) is 14.4 Å². The van der Waals surface area contributed by atoms with Crippen LogP contribution in [0.3, 0.4) is 0 Å². The van der Waals surface area contributed by atoms with Gasteiger partial charge in [0, 0.05) is 7.05 Å². The molecule has 40 heavy (non-hydrogen) atoms. The summed E-state index contributed by atoms with van der Waals surface area (Å²) in [6.45, 7) is 8.62. The van der Waals surface area contributed by atoms with Crippen LogP contribution in [-0.4, -0.2) is 48.0 Å². The van der Waals surface area contributed by atoms with E-state index < -0.39 is 47.5 Å². The number of esters is 2. The van der Waals surface area contributed by atoms with Gasteiger partial charge in [-0.3, -0.25) is 4.90 Å². The molecule has 8 nitrogen and oxygen atoms in total. The van der Waals surface area contributed by atoms with Crippen LogP contribution in [0.1, 0.15) is 52.2 Å². The topological polar surface area (TPSA) is 91.4 Å². The standard InChI is InChI=1S/C29H34F3NO7/c1-19(2)16-23(33(6)27(36)40-28(3,4)5)25(34)38-24(26(35)37-18-21-10-8-7-9-11-21)17-20-12-14-22(15-13-20)39-29(30,31)32/h7-15,17,19,23H,16,18H2,1-6H3/b24-17+/t23-/m0/s1. The summed E-state index contributed by atoms with van der Waals surface area (Å²) < 4.78 is 57.6. The van der Waals surface area contributed by atoms with E-state index in [0.717, 1.165) is 23.1 Å². The lowest BCUT2D eigenvalue weighted by Crippen LogP contribution is -2.46. The minimum atomic E-state index is -4.87. The molecule has 0 aromatic heterocycles. The monoisotopic (exact) mass is 565 g/mol. The van der Waals surface area contributed by atoms with E-state index in [1.807, 2.05) is 13.8 Å². The molecule has 2 aromatic carbocycles. The molecule has 0 aliphatic heterocycles. The second-order valence-corrected chi connectivity index (χ2v) is 10.3. The fourth-order valence-electron chi connectivity index (χ4n) is 3.34. The lowest BCUT2D eigenvalue weighted by molar-refractivity contribution is -0.274. The van der Waals surface area contributed by atoms with Gasteiger partial charge in [-0.05, 0) is 62.4 Å². The molecule has 0 N–H and O–H groups in total. The highest BCUT2D eigenvalue weighted by atomic mass is 19.4. The van der Waals surface area contributed by atoms with Crippen molar-refractivity contribution in [3.05, 3.63) is 71.5 Å². The van der Waals surface area contributed by atoms with Gasteiger partial charge in [0.2, 0.25) is 5.76 Å². The second-order valence-electron chi connectivity index (χ2n) is 10.3. The Balaban J connectivity index is 2.35. The van der Waals surface area contributed by atoms with Crippen molar-refractivity contribution in [2.45, 2.75) is 65.7 Å². The van der Waals surface area contributed by atoms with Crippen molar-refractivity contribution in [2.75, 3.05) is 7.05 Å². The van der Waals surface area contributed by atoms with Crippen LogP contribution in [0.15, 0.2) is 60.4 Å². The van der Waals surface area contributed by atoms with E-state index in [1.54, 1.807) is 51.1 Å². The van der Waals surface area contributed by atoms with E-state index >= 15 is 0 Å². The Kier molecular flexibility index (Phi) is 11.2. The van der Waals surface area contributed by atoms with Gasteiger partial charge < -0.3 is 18.9 Å². The molecule has 0 aliphatic carbocycles. The van der Waals surface area contributed by atoms with Crippen LogP contribution >= 0.6 is 0 Å². The molecule has 2 rings (SSSR count). The maximum Gasteiger partial charge on any atom is 0.573 e. The molecule has 1 atom stereocenters. The van der Waals surface area contributed by atoms with Crippen LogP contribution < -0.4 is 4.74 Å². The van der Waals surface area contributed by atoms with Gasteiger partial charge in [0.1, 0.15) is 24.0 Å². The molecule has 0 fully saturated rings. The van der Waals surface area contributed by atoms with Crippen molar-refractivity contribution >= 4 is 24.1 Å². The quantitative estimate of drug-likeness (QED) is 0.141. The van der Waals surface area contributed by atoms with Crippen LogP contribution in [0.5, 0.6) is 5.75 Å². The first-order valence-corrected chi connectivity index (χ1v) is 12.5. The fraction of sp³-hybridized carbons (Fsp3) is 0.414. The number of carbonyl (C=O) groups excluding carboxylic acids is 3. The molecular formula is C29H34F3NO7. The van der Waals surface area contributed by atoms with E-state index in [0.29, 0.717) is 5.56 Å². The number of halogens is 3. The highest BCUT2D eigenvalue weighted by Crippen LogP contribution is 2.24. The predicted molar refractivity (Wildman–Crippen MR) is 141 cm³/mol.